The zero-order chi connectivity index (χ0) is 21.4. The van der Waals surface area contributed by atoms with Gasteiger partial charge in [0.05, 0.1) is 6.61 Å². The fraction of sp³-hybridized carbons (Fsp3) is 0.480. The summed E-state index contributed by atoms with van der Waals surface area (Å²) >= 11 is 0. The van der Waals surface area contributed by atoms with Crippen LogP contribution in [0.1, 0.15) is 44.7 Å². The molecule has 2 amide bonds. The Kier molecular flexibility index (Phi) is 9.66. The summed E-state index contributed by atoms with van der Waals surface area (Å²) in [6.45, 7) is 10.6. The van der Waals surface area contributed by atoms with Crippen LogP contribution < -0.4 is 15.4 Å². The third-order valence-corrected chi connectivity index (χ3v) is 5.44. The third kappa shape index (κ3) is 8.08. The maximum atomic E-state index is 12.3. The number of piperazine rings is 1. The first-order chi connectivity index (χ1) is 14.4. The molecule has 31 heavy (non-hydrogen) atoms. The molecule has 6 heteroatoms. The van der Waals surface area contributed by atoms with Gasteiger partial charge in [-0.15, -0.1) is 12.4 Å². The van der Waals surface area contributed by atoms with Gasteiger partial charge in [-0.25, -0.2) is 4.79 Å². The molecule has 0 unspecified atom stereocenters. The van der Waals surface area contributed by atoms with Gasteiger partial charge in [0, 0.05) is 31.9 Å². The Morgan fingerprint density at radius 2 is 1.77 bits per heavy atom. The van der Waals surface area contributed by atoms with Crippen LogP contribution in [0.25, 0.3) is 0 Å². The highest BCUT2D eigenvalue weighted by Gasteiger charge is 2.16. The minimum atomic E-state index is -0.0167. The lowest BCUT2D eigenvalue weighted by molar-refractivity contribution is 0.204. The lowest BCUT2D eigenvalue weighted by Crippen LogP contribution is -2.48. The molecule has 1 fully saturated rings. The van der Waals surface area contributed by atoms with E-state index in [0.29, 0.717) is 0 Å². The summed E-state index contributed by atoms with van der Waals surface area (Å²) < 4.78 is 5.94. The number of hydrogen-bond donors (Lipinski definition) is 2. The van der Waals surface area contributed by atoms with Crippen molar-refractivity contribution in [2.45, 2.75) is 45.4 Å². The predicted molar refractivity (Wildman–Crippen MR) is 131 cm³/mol. The van der Waals surface area contributed by atoms with Crippen molar-refractivity contribution in [1.29, 1.82) is 0 Å². The first kappa shape index (κ1) is 25.0. The number of unbranched alkanes of at least 4 members (excludes halogenated alkanes) is 1. The molecule has 1 aliphatic heterocycles. The summed E-state index contributed by atoms with van der Waals surface area (Å²) in [7, 11) is 0. The number of aryl methyl sites for hydroxylation is 1. The van der Waals surface area contributed by atoms with Crippen LogP contribution in [-0.2, 0) is 11.8 Å². The molecule has 2 aromatic rings. The largest absolute Gasteiger partial charge is 0.494 e. The molecule has 0 bridgehead atoms. The number of carbonyl (C=O) groups excluding carboxylic acids is 1. The number of benzene rings is 2. The first-order valence-corrected chi connectivity index (χ1v) is 11.0. The van der Waals surface area contributed by atoms with E-state index in [1.807, 2.05) is 23.1 Å². The molecule has 2 aromatic carbocycles. The molecule has 0 atom stereocenters. The standard InChI is InChI=1S/C25H35N3O2.ClH/c1-25(2,3)21-8-6-9-23(19-21)30-18-5-4-7-20-10-12-22(13-11-20)27-24(29)28-16-14-26-15-17-28;/h6,8-13,19,26H,4-5,7,14-18H2,1-3H3,(H,27,29);1H. The van der Waals surface area contributed by atoms with Crippen LogP contribution in [0.15, 0.2) is 48.5 Å². The second-order valence-corrected chi connectivity index (χ2v) is 8.95. The van der Waals surface area contributed by atoms with Crippen LogP contribution in [0.2, 0.25) is 0 Å². The number of carbonyl (C=O) groups is 1. The molecule has 1 heterocycles. The molecule has 3 rings (SSSR count). The van der Waals surface area contributed by atoms with Gasteiger partial charge in [-0.05, 0) is 60.1 Å². The number of urea groups is 1. The average molecular weight is 446 g/mol. The highest BCUT2D eigenvalue weighted by molar-refractivity contribution is 5.89. The third-order valence-electron chi connectivity index (χ3n) is 5.44. The Balaban J connectivity index is 0.00000341. The molecule has 1 saturated heterocycles. The van der Waals surface area contributed by atoms with E-state index < -0.39 is 0 Å². The van der Waals surface area contributed by atoms with Gasteiger partial charge >= 0.3 is 6.03 Å². The second kappa shape index (κ2) is 12.0. The van der Waals surface area contributed by atoms with E-state index in [2.05, 4.69) is 61.7 Å². The highest BCUT2D eigenvalue weighted by Crippen LogP contribution is 2.25. The Bertz CT molecular complexity index is 812. The summed E-state index contributed by atoms with van der Waals surface area (Å²) in [5, 5.41) is 6.24. The summed E-state index contributed by atoms with van der Waals surface area (Å²) in [6.07, 6.45) is 3.10. The van der Waals surface area contributed by atoms with Crippen LogP contribution in [0, 0.1) is 0 Å². The van der Waals surface area contributed by atoms with Crippen LogP contribution in [-0.4, -0.2) is 43.7 Å². The van der Waals surface area contributed by atoms with Crippen LogP contribution in [0.5, 0.6) is 5.75 Å². The monoisotopic (exact) mass is 445 g/mol. The van der Waals surface area contributed by atoms with Crippen molar-refractivity contribution in [3.8, 4) is 5.75 Å². The van der Waals surface area contributed by atoms with Crippen molar-refractivity contribution < 1.29 is 9.53 Å². The Morgan fingerprint density at radius 1 is 1.06 bits per heavy atom. The van der Waals surface area contributed by atoms with Gasteiger partial charge in [-0.3, -0.25) is 0 Å². The Hall–Kier alpha value is -2.24. The van der Waals surface area contributed by atoms with Gasteiger partial charge < -0.3 is 20.3 Å². The summed E-state index contributed by atoms with van der Waals surface area (Å²) in [5.74, 6) is 0.951. The van der Waals surface area contributed by atoms with E-state index >= 15 is 0 Å². The van der Waals surface area contributed by atoms with Crippen molar-refractivity contribution in [2.75, 3.05) is 38.1 Å². The normalized spacial score (nSPS) is 14.0. The van der Waals surface area contributed by atoms with E-state index in [1.165, 1.54) is 11.1 Å². The Labute approximate surface area is 193 Å². The van der Waals surface area contributed by atoms with E-state index in [1.54, 1.807) is 0 Å². The van der Waals surface area contributed by atoms with Crippen molar-refractivity contribution in [3.63, 3.8) is 0 Å². The van der Waals surface area contributed by atoms with Crippen molar-refractivity contribution >= 4 is 24.1 Å². The topological polar surface area (TPSA) is 53.6 Å². The van der Waals surface area contributed by atoms with E-state index in [9.17, 15) is 4.79 Å². The van der Waals surface area contributed by atoms with E-state index in [0.717, 1.165) is 63.5 Å². The summed E-state index contributed by atoms with van der Waals surface area (Å²) in [4.78, 5) is 14.1. The van der Waals surface area contributed by atoms with Gasteiger partial charge in [0.1, 0.15) is 5.75 Å². The van der Waals surface area contributed by atoms with E-state index in [-0.39, 0.29) is 23.9 Å². The summed E-state index contributed by atoms with van der Waals surface area (Å²) in [5.41, 5.74) is 3.56. The minimum Gasteiger partial charge on any atom is -0.494 e. The lowest BCUT2D eigenvalue weighted by atomic mass is 9.87. The number of halogens is 1. The maximum absolute atomic E-state index is 12.3. The number of rotatable bonds is 7. The second-order valence-electron chi connectivity index (χ2n) is 8.95. The summed E-state index contributed by atoms with van der Waals surface area (Å²) in [6, 6.07) is 16.6. The van der Waals surface area contributed by atoms with Crippen LogP contribution >= 0.6 is 12.4 Å². The lowest BCUT2D eigenvalue weighted by Gasteiger charge is -2.27. The van der Waals surface area contributed by atoms with Gasteiger partial charge in [0.15, 0.2) is 0 Å². The highest BCUT2D eigenvalue weighted by atomic mass is 35.5. The van der Waals surface area contributed by atoms with Gasteiger partial charge in [0.2, 0.25) is 0 Å². The zero-order valence-corrected chi connectivity index (χ0v) is 19.8. The van der Waals surface area contributed by atoms with Gasteiger partial charge in [-0.2, -0.15) is 0 Å². The van der Waals surface area contributed by atoms with Crippen molar-refractivity contribution in [2.24, 2.45) is 0 Å². The number of ether oxygens (including phenoxy) is 1. The van der Waals surface area contributed by atoms with Crippen molar-refractivity contribution in [3.05, 3.63) is 59.7 Å². The number of amides is 2. The van der Waals surface area contributed by atoms with Crippen molar-refractivity contribution in [1.82, 2.24) is 10.2 Å². The molecule has 0 radical (unpaired) electrons. The molecule has 0 aliphatic carbocycles. The molecule has 170 valence electrons. The number of anilines is 1. The fourth-order valence-electron chi connectivity index (χ4n) is 3.50. The fourth-order valence-corrected chi connectivity index (χ4v) is 3.50. The van der Waals surface area contributed by atoms with Crippen LogP contribution in [0.4, 0.5) is 10.5 Å². The molecule has 5 nitrogen and oxygen atoms in total. The molecule has 2 N–H and O–H groups in total. The van der Waals surface area contributed by atoms with Gasteiger partial charge in [0.25, 0.3) is 0 Å². The van der Waals surface area contributed by atoms with Crippen LogP contribution in [0.3, 0.4) is 0 Å². The molecule has 0 aromatic heterocycles. The molecular formula is C25H36ClN3O2. The quantitative estimate of drug-likeness (QED) is 0.572. The maximum Gasteiger partial charge on any atom is 0.321 e. The molecule has 1 aliphatic rings. The molecule has 0 saturated carbocycles. The van der Waals surface area contributed by atoms with E-state index in [4.69, 9.17) is 4.74 Å². The first-order valence-electron chi connectivity index (χ1n) is 11.0. The Morgan fingerprint density at radius 3 is 2.45 bits per heavy atom. The minimum absolute atomic E-state index is 0. The molecular weight excluding hydrogens is 410 g/mol. The molecule has 0 spiro atoms. The number of hydrogen-bond acceptors (Lipinski definition) is 3. The smallest absolute Gasteiger partial charge is 0.321 e. The van der Waals surface area contributed by atoms with Gasteiger partial charge in [-0.1, -0.05) is 45.0 Å². The number of nitrogens with zero attached hydrogens (tertiary/aromatic N) is 1. The number of nitrogens with one attached hydrogen (secondary N) is 2. The average Bonchev–Trinajstić information content (AvgIpc) is 2.75. The SMILES string of the molecule is CC(C)(C)c1cccc(OCCCCc2ccc(NC(=O)N3CCNCC3)cc2)c1.Cl. The zero-order valence-electron chi connectivity index (χ0n) is 18.9. The predicted octanol–water partition coefficient (Wildman–Crippen LogP) is 5.24.